The quantitative estimate of drug-likeness (QED) is 0.683. The first kappa shape index (κ1) is 17.2. The Kier molecular flexibility index (Phi) is 5.46. The molecule has 0 aliphatic heterocycles. The number of hydrogen-bond donors (Lipinski definition) is 1. The van der Waals surface area contributed by atoms with Crippen LogP contribution < -0.4 is 10.1 Å². The zero-order chi connectivity index (χ0) is 17.6. The summed E-state index contributed by atoms with van der Waals surface area (Å²) in [6.07, 6.45) is 0.743. The van der Waals surface area contributed by atoms with Gasteiger partial charge in [0.25, 0.3) is 0 Å². The SMILES string of the molecule is CCC(C(=O)Nc1nc(-c2ccc(OC)cc2)cs1)c1ccccc1. The van der Waals surface area contributed by atoms with E-state index < -0.39 is 0 Å². The summed E-state index contributed by atoms with van der Waals surface area (Å²) in [6.45, 7) is 2.02. The van der Waals surface area contributed by atoms with Crippen molar-refractivity contribution in [3.63, 3.8) is 0 Å². The molecule has 0 saturated carbocycles. The number of carbonyl (C=O) groups excluding carboxylic acids is 1. The van der Waals surface area contributed by atoms with Crippen LogP contribution in [0.5, 0.6) is 5.75 Å². The molecule has 0 aliphatic carbocycles. The third-order valence-electron chi connectivity index (χ3n) is 4.05. The Morgan fingerprint density at radius 3 is 2.52 bits per heavy atom. The standard InChI is InChI=1S/C20H20N2O2S/c1-3-17(14-7-5-4-6-8-14)19(23)22-20-21-18(13-25-20)15-9-11-16(24-2)12-10-15/h4-13,17H,3H2,1-2H3,(H,21,22,23). The molecular weight excluding hydrogens is 332 g/mol. The Morgan fingerprint density at radius 1 is 1.16 bits per heavy atom. The van der Waals surface area contributed by atoms with Crippen molar-refractivity contribution in [3.05, 3.63) is 65.5 Å². The first-order valence-electron chi connectivity index (χ1n) is 8.17. The van der Waals surface area contributed by atoms with Crippen molar-refractivity contribution < 1.29 is 9.53 Å². The van der Waals surface area contributed by atoms with Gasteiger partial charge in [-0.25, -0.2) is 4.98 Å². The van der Waals surface area contributed by atoms with E-state index in [1.807, 2.05) is 66.9 Å². The average molecular weight is 352 g/mol. The van der Waals surface area contributed by atoms with Crippen LogP contribution in [0.2, 0.25) is 0 Å². The number of carbonyl (C=O) groups is 1. The van der Waals surface area contributed by atoms with Crippen molar-refractivity contribution >= 4 is 22.4 Å². The smallest absolute Gasteiger partial charge is 0.233 e. The number of methoxy groups -OCH3 is 1. The number of anilines is 1. The lowest BCUT2D eigenvalue weighted by molar-refractivity contribution is -0.117. The number of nitrogens with zero attached hydrogens (tertiary/aromatic N) is 1. The summed E-state index contributed by atoms with van der Waals surface area (Å²) in [4.78, 5) is 17.1. The lowest BCUT2D eigenvalue weighted by atomic mass is 9.96. The number of hydrogen-bond acceptors (Lipinski definition) is 4. The van der Waals surface area contributed by atoms with Gasteiger partial charge in [0, 0.05) is 10.9 Å². The van der Waals surface area contributed by atoms with E-state index in [9.17, 15) is 4.79 Å². The van der Waals surface area contributed by atoms with Crippen LogP contribution >= 0.6 is 11.3 Å². The van der Waals surface area contributed by atoms with Crippen molar-refractivity contribution in [2.45, 2.75) is 19.3 Å². The van der Waals surface area contributed by atoms with E-state index >= 15 is 0 Å². The second kappa shape index (κ2) is 7.94. The summed E-state index contributed by atoms with van der Waals surface area (Å²) in [5.41, 5.74) is 2.86. The molecule has 1 heterocycles. The highest BCUT2D eigenvalue weighted by Gasteiger charge is 2.19. The van der Waals surface area contributed by atoms with Crippen LogP contribution in [0.3, 0.4) is 0 Å². The third kappa shape index (κ3) is 4.06. The third-order valence-corrected chi connectivity index (χ3v) is 4.80. The van der Waals surface area contributed by atoms with Crippen LogP contribution in [0.1, 0.15) is 24.8 Å². The molecule has 25 heavy (non-hydrogen) atoms. The maximum absolute atomic E-state index is 12.6. The molecule has 5 heteroatoms. The van der Waals surface area contributed by atoms with Crippen LogP contribution in [-0.2, 0) is 4.79 Å². The highest BCUT2D eigenvalue weighted by Crippen LogP contribution is 2.28. The van der Waals surface area contributed by atoms with Gasteiger partial charge in [-0.1, -0.05) is 37.3 Å². The summed E-state index contributed by atoms with van der Waals surface area (Å²) in [5, 5.41) is 5.51. The van der Waals surface area contributed by atoms with Gasteiger partial charge in [-0.05, 0) is 36.2 Å². The minimum atomic E-state index is -0.172. The molecule has 3 aromatic rings. The number of nitrogens with one attached hydrogen (secondary N) is 1. The van der Waals surface area contributed by atoms with Crippen molar-refractivity contribution in [1.29, 1.82) is 0 Å². The lowest BCUT2D eigenvalue weighted by Gasteiger charge is -2.14. The number of thiazole rings is 1. The topological polar surface area (TPSA) is 51.2 Å². The zero-order valence-electron chi connectivity index (χ0n) is 14.2. The molecule has 1 aromatic heterocycles. The molecule has 0 fully saturated rings. The highest BCUT2D eigenvalue weighted by molar-refractivity contribution is 7.14. The molecule has 0 spiro atoms. The number of amides is 1. The molecule has 1 unspecified atom stereocenters. The molecule has 0 radical (unpaired) electrons. The van der Waals surface area contributed by atoms with E-state index in [-0.39, 0.29) is 11.8 Å². The minimum Gasteiger partial charge on any atom is -0.497 e. The molecule has 1 N–H and O–H groups in total. The van der Waals surface area contributed by atoms with Gasteiger partial charge in [-0.2, -0.15) is 0 Å². The van der Waals surface area contributed by atoms with Crippen LogP contribution in [0.25, 0.3) is 11.3 Å². The fourth-order valence-electron chi connectivity index (χ4n) is 2.68. The lowest BCUT2D eigenvalue weighted by Crippen LogP contribution is -2.20. The van der Waals surface area contributed by atoms with Crippen LogP contribution in [0.15, 0.2) is 60.0 Å². The fourth-order valence-corrected chi connectivity index (χ4v) is 3.40. The first-order valence-corrected chi connectivity index (χ1v) is 9.05. The van der Waals surface area contributed by atoms with Gasteiger partial charge >= 0.3 is 0 Å². The van der Waals surface area contributed by atoms with Crippen molar-refractivity contribution in [2.24, 2.45) is 0 Å². The fraction of sp³-hybridized carbons (Fsp3) is 0.200. The van der Waals surface area contributed by atoms with Crippen molar-refractivity contribution in [1.82, 2.24) is 4.98 Å². The van der Waals surface area contributed by atoms with Gasteiger partial charge in [-0.3, -0.25) is 4.79 Å². The molecule has 0 bridgehead atoms. The number of benzene rings is 2. The second-order valence-electron chi connectivity index (χ2n) is 5.63. The van der Waals surface area contributed by atoms with E-state index in [1.165, 1.54) is 11.3 Å². The van der Waals surface area contributed by atoms with Gasteiger partial charge in [0.15, 0.2) is 5.13 Å². The number of ether oxygens (including phenoxy) is 1. The number of rotatable bonds is 6. The highest BCUT2D eigenvalue weighted by atomic mass is 32.1. The second-order valence-corrected chi connectivity index (χ2v) is 6.49. The predicted octanol–water partition coefficient (Wildman–Crippen LogP) is 4.95. The molecule has 0 saturated heterocycles. The summed E-state index contributed by atoms with van der Waals surface area (Å²) in [6, 6.07) is 17.5. The van der Waals surface area contributed by atoms with E-state index in [0.717, 1.165) is 29.0 Å². The van der Waals surface area contributed by atoms with E-state index in [1.54, 1.807) is 7.11 Å². The summed E-state index contributed by atoms with van der Waals surface area (Å²) >= 11 is 1.43. The minimum absolute atomic E-state index is 0.0238. The molecule has 0 aliphatic rings. The molecule has 1 amide bonds. The average Bonchev–Trinajstić information content (AvgIpc) is 3.12. The van der Waals surface area contributed by atoms with E-state index in [2.05, 4.69) is 10.3 Å². The largest absolute Gasteiger partial charge is 0.497 e. The first-order chi connectivity index (χ1) is 12.2. The summed E-state index contributed by atoms with van der Waals surface area (Å²) < 4.78 is 5.17. The summed E-state index contributed by atoms with van der Waals surface area (Å²) in [7, 11) is 1.64. The molecule has 2 aromatic carbocycles. The van der Waals surface area contributed by atoms with Gasteiger partial charge in [0.05, 0.1) is 18.7 Å². The monoisotopic (exact) mass is 352 g/mol. The van der Waals surface area contributed by atoms with Crippen LogP contribution in [0, 0.1) is 0 Å². The number of aromatic nitrogens is 1. The molecule has 1 atom stereocenters. The van der Waals surface area contributed by atoms with Crippen molar-refractivity contribution in [3.8, 4) is 17.0 Å². The van der Waals surface area contributed by atoms with Gasteiger partial charge in [0.2, 0.25) is 5.91 Å². The Morgan fingerprint density at radius 2 is 1.88 bits per heavy atom. The predicted molar refractivity (Wildman–Crippen MR) is 102 cm³/mol. The normalized spacial score (nSPS) is 11.8. The van der Waals surface area contributed by atoms with Crippen molar-refractivity contribution in [2.75, 3.05) is 12.4 Å². The Hall–Kier alpha value is -2.66. The maximum Gasteiger partial charge on any atom is 0.233 e. The van der Waals surface area contributed by atoms with Gasteiger partial charge in [0.1, 0.15) is 5.75 Å². The zero-order valence-corrected chi connectivity index (χ0v) is 15.0. The molecular formula is C20H20N2O2S. The van der Waals surface area contributed by atoms with Crippen LogP contribution in [0.4, 0.5) is 5.13 Å². The van der Waals surface area contributed by atoms with E-state index in [0.29, 0.717) is 5.13 Å². The Bertz CT molecular complexity index is 828. The molecule has 4 nitrogen and oxygen atoms in total. The van der Waals surface area contributed by atoms with Gasteiger partial charge in [-0.15, -0.1) is 11.3 Å². The van der Waals surface area contributed by atoms with E-state index in [4.69, 9.17) is 4.74 Å². The maximum atomic E-state index is 12.6. The summed E-state index contributed by atoms with van der Waals surface area (Å²) in [5.74, 6) is 0.611. The molecule has 3 rings (SSSR count). The van der Waals surface area contributed by atoms with Crippen LogP contribution in [-0.4, -0.2) is 18.0 Å². The van der Waals surface area contributed by atoms with Gasteiger partial charge < -0.3 is 10.1 Å². The Labute approximate surface area is 151 Å². The molecule has 128 valence electrons. The Balaban J connectivity index is 1.72.